The zero-order valence-electron chi connectivity index (χ0n) is 11.8. The molecule has 0 spiro atoms. The third-order valence-corrected chi connectivity index (χ3v) is 4.03. The molecule has 2 aromatic carbocycles. The van der Waals surface area contributed by atoms with Gasteiger partial charge in [0.15, 0.2) is 0 Å². The second-order valence-electron chi connectivity index (χ2n) is 5.20. The van der Waals surface area contributed by atoms with Crippen molar-refractivity contribution in [3.63, 3.8) is 0 Å². The smallest absolute Gasteiger partial charge is 0.118 e. The van der Waals surface area contributed by atoms with Gasteiger partial charge in [0, 0.05) is 16.5 Å². The average molecular weight is 276 g/mol. The molecule has 104 valence electrons. The highest BCUT2D eigenvalue weighted by Gasteiger charge is 2.22. The minimum atomic E-state index is 0.142. The van der Waals surface area contributed by atoms with Gasteiger partial charge in [-0.15, -0.1) is 0 Å². The lowest BCUT2D eigenvalue weighted by molar-refractivity contribution is 0.414. The third kappa shape index (κ3) is 1.89. The van der Waals surface area contributed by atoms with Gasteiger partial charge < -0.3 is 15.0 Å². The van der Waals surface area contributed by atoms with Crippen LogP contribution in [0.1, 0.15) is 22.9 Å². The first kappa shape index (κ1) is 12.1. The Morgan fingerprint density at radius 3 is 2.62 bits per heavy atom. The maximum Gasteiger partial charge on any atom is 0.118 e. The highest BCUT2D eigenvalue weighted by Crippen LogP contribution is 2.34. The van der Waals surface area contributed by atoms with Crippen molar-refractivity contribution >= 4 is 17.0 Å². The zero-order chi connectivity index (χ0) is 14.2. The van der Waals surface area contributed by atoms with Crippen LogP contribution in [0, 0.1) is 0 Å². The van der Waals surface area contributed by atoms with Crippen LogP contribution in [0.15, 0.2) is 54.7 Å². The minimum Gasteiger partial charge on any atom is -0.497 e. The van der Waals surface area contributed by atoms with Gasteiger partial charge in [0.25, 0.3) is 0 Å². The maximum absolute atomic E-state index is 5.23. The summed E-state index contributed by atoms with van der Waals surface area (Å²) in [4.78, 5) is 3.55. The number of hydrogen-bond donors (Lipinski definition) is 2. The van der Waals surface area contributed by atoms with Gasteiger partial charge in [0.05, 0.1) is 18.8 Å². The number of methoxy groups -OCH3 is 1. The number of fused-ring (bicyclic) bond motifs is 3. The molecule has 1 aliphatic heterocycles. The van der Waals surface area contributed by atoms with Crippen LogP contribution in [0.3, 0.4) is 0 Å². The number of benzene rings is 2. The Balaban J connectivity index is 1.84. The molecule has 0 bridgehead atoms. The molecule has 0 saturated carbocycles. The van der Waals surface area contributed by atoms with Crippen molar-refractivity contribution in [3.8, 4) is 5.75 Å². The highest BCUT2D eigenvalue weighted by atomic mass is 16.5. The van der Waals surface area contributed by atoms with Gasteiger partial charge in [0.2, 0.25) is 0 Å². The molecule has 1 aliphatic rings. The Labute approximate surface area is 123 Å². The topological polar surface area (TPSA) is 37.0 Å². The molecule has 21 heavy (non-hydrogen) atoms. The Bertz CT molecular complexity index is 815. The van der Waals surface area contributed by atoms with E-state index in [-0.39, 0.29) is 6.04 Å². The Morgan fingerprint density at radius 2 is 1.81 bits per heavy atom. The van der Waals surface area contributed by atoms with E-state index in [4.69, 9.17) is 4.74 Å². The van der Waals surface area contributed by atoms with E-state index >= 15 is 0 Å². The average Bonchev–Trinajstić information content (AvgIpc) is 2.94. The first-order valence-corrected chi connectivity index (χ1v) is 7.04. The van der Waals surface area contributed by atoms with Crippen LogP contribution in [-0.2, 0) is 0 Å². The van der Waals surface area contributed by atoms with E-state index in [1.165, 1.54) is 27.7 Å². The quantitative estimate of drug-likeness (QED) is 0.746. The molecule has 0 aliphatic carbocycles. The van der Waals surface area contributed by atoms with Crippen molar-refractivity contribution in [1.82, 2.24) is 10.3 Å². The van der Waals surface area contributed by atoms with Crippen LogP contribution in [0.5, 0.6) is 5.75 Å². The van der Waals surface area contributed by atoms with Crippen LogP contribution < -0.4 is 10.1 Å². The standard InChI is InChI=1S/C18H16N2O/c1-21-13-8-6-12(7-9-13)17-18-15(10-11-19-17)14-4-2-3-5-16(14)20-18/h2-11,17,19-20H,1H3. The summed E-state index contributed by atoms with van der Waals surface area (Å²) in [6, 6.07) is 16.8. The number of H-pyrrole nitrogens is 1. The van der Waals surface area contributed by atoms with Crippen molar-refractivity contribution in [2.24, 2.45) is 0 Å². The molecule has 3 heteroatoms. The Kier molecular flexibility index (Phi) is 2.71. The molecular weight excluding hydrogens is 260 g/mol. The third-order valence-electron chi connectivity index (χ3n) is 4.03. The van der Waals surface area contributed by atoms with Crippen LogP contribution >= 0.6 is 0 Å². The van der Waals surface area contributed by atoms with E-state index in [1.54, 1.807) is 7.11 Å². The summed E-state index contributed by atoms with van der Waals surface area (Å²) in [7, 11) is 1.69. The van der Waals surface area contributed by atoms with Crippen LogP contribution in [0.25, 0.3) is 17.0 Å². The number of hydrogen-bond acceptors (Lipinski definition) is 2. The van der Waals surface area contributed by atoms with Crippen LogP contribution in [-0.4, -0.2) is 12.1 Å². The number of ether oxygens (including phenoxy) is 1. The van der Waals surface area contributed by atoms with E-state index in [1.807, 2.05) is 18.3 Å². The molecule has 4 rings (SSSR count). The first-order valence-electron chi connectivity index (χ1n) is 7.04. The normalized spacial score (nSPS) is 16.5. The fraction of sp³-hybridized carbons (Fsp3) is 0.111. The molecule has 3 aromatic rings. The molecule has 1 aromatic heterocycles. The van der Waals surface area contributed by atoms with Crippen molar-refractivity contribution < 1.29 is 4.74 Å². The monoisotopic (exact) mass is 276 g/mol. The van der Waals surface area contributed by atoms with Gasteiger partial charge in [0.1, 0.15) is 5.75 Å². The number of rotatable bonds is 2. The number of aromatic nitrogens is 1. The highest BCUT2D eigenvalue weighted by molar-refractivity contribution is 5.91. The molecular formula is C18H16N2O. The van der Waals surface area contributed by atoms with Crippen molar-refractivity contribution in [2.45, 2.75) is 6.04 Å². The fourth-order valence-electron chi connectivity index (χ4n) is 2.96. The SMILES string of the molecule is COc1ccc(C2NC=Cc3c2[nH]c2ccccc32)cc1. The Hall–Kier alpha value is -2.68. The number of para-hydroxylation sites is 1. The van der Waals surface area contributed by atoms with Gasteiger partial charge in [-0.25, -0.2) is 0 Å². The zero-order valence-corrected chi connectivity index (χ0v) is 11.8. The summed E-state index contributed by atoms with van der Waals surface area (Å²) in [5, 5.41) is 4.70. The number of aromatic amines is 1. The summed E-state index contributed by atoms with van der Waals surface area (Å²) in [5.74, 6) is 0.877. The maximum atomic E-state index is 5.23. The van der Waals surface area contributed by atoms with Gasteiger partial charge in [-0.3, -0.25) is 0 Å². The van der Waals surface area contributed by atoms with Crippen molar-refractivity contribution in [1.29, 1.82) is 0 Å². The van der Waals surface area contributed by atoms with E-state index in [9.17, 15) is 0 Å². The summed E-state index contributed by atoms with van der Waals surface area (Å²) >= 11 is 0. The Morgan fingerprint density at radius 1 is 1.00 bits per heavy atom. The van der Waals surface area contributed by atoms with Crippen molar-refractivity contribution in [3.05, 3.63) is 71.6 Å². The predicted octanol–water partition coefficient (Wildman–Crippen LogP) is 3.84. The molecule has 1 atom stereocenters. The van der Waals surface area contributed by atoms with E-state index in [0.29, 0.717) is 0 Å². The second-order valence-corrected chi connectivity index (χ2v) is 5.20. The predicted molar refractivity (Wildman–Crippen MR) is 85.3 cm³/mol. The van der Waals surface area contributed by atoms with E-state index in [0.717, 1.165) is 5.75 Å². The van der Waals surface area contributed by atoms with E-state index < -0.39 is 0 Å². The molecule has 0 radical (unpaired) electrons. The molecule has 1 unspecified atom stereocenters. The lowest BCUT2D eigenvalue weighted by Crippen LogP contribution is -2.20. The molecule has 0 fully saturated rings. The van der Waals surface area contributed by atoms with Crippen molar-refractivity contribution in [2.75, 3.05) is 7.11 Å². The van der Waals surface area contributed by atoms with Gasteiger partial charge in [-0.05, 0) is 36.0 Å². The summed E-state index contributed by atoms with van der Waals surface area (Å²) in [6.07, 6.45) is 4.16. The lowest BCUT2D eigenvalue weighted by Gasteiger charge is -2.21. The largest absolute Gasteiger partial charge is 0.497 e. The van der Waals surface area contributed by atoms with Crippen LogP contribution in [0.4, 0.5) is 0 Å². The summed E-state index contributed by atoms with van der Waals surface area (Å²) < 4.78 is 5.23. The second kappa shape index (κ2) is 4.70. The fourth-order valence-corrected chi connectivity index (χ4v) is 2.96. The molecule has 3 nitrogen and oxygen atoms in total. The van der Waals surface area contributed by atoms with Gasteiger partial charge in [-0.1, -0.05) is 30.3 Å². The molecule has 2 N–H and O–H groups in total. The first-order chi connectivity index (χ1) is 10.4. The van der Waals surface area contributed by atoms with E-state index in [2.05, 4.69) is 52.8 Å². The van der Waals surface area contributed by atoms with Gasteiger partial charge in [-0.2, -0.15) is 0 Å². The molecule has 0 amide bonds. The molecule has 2 heterocycles. The van der Waals surface area contributed by atoms with Crippen LogP contribution in [0.2, 0.25) is 0 Å². The minimum absolute atomic E-state index is 0.142. The molecule has 0 saturated heterocycles. The summed E-state index contributed by atoms with van der Waals surface area (Å²) in [5.41, 5.74) is 4.87. The number of nitrogens with one attached hydrogen (secondary N) is 2. The van der Waals surface area contributed by atoms with Gasteiger partial charge >= 0.3 is 0 Å². The summed E-state index contributed by atoms with van der Waals surface area (Å²) in [6.45, 7) is 0. The lowest BCUT2D eigenvalue weighted by atomic mass is 9.97.